The molecule has 342 valence electrons. The van der Waals surface area contributed by atoms with Crippen molar-refractivity contribution in [3.63, 3.8) is 0 Å². The predicted molar refractivity (Wildman–Crippen MR) is 253 cm³/mol. The van der Waals surface area contributed by atoms with Crippen LogP contribution in [0, 0.1) is 5.92 Å². The summed E-state index contributed by atoms with van der Waals surface area (Å²) in [5, 5.41) is 19.0. The van der Waals surface area contributed by atoms with Crippen LogP contribution < -0.4 is 21.7 Å². The van der Waals surface area contributed by atoms with Crippen molar-refractivity contribution < 1.29 is 29.0 Å². The van der Waals surface area contributed by atoms with E-state index < -0.39 is 6.29 Å². The molecule has 3 amide bonds. The number of carbonyl (C=O) groups is 3. The number of rotatable bonds is 17. The molecule has 1 aliphatic carbocycles. The van der Waals surface area contributed by atoms with Crippen LogP contribution in [0.25, 0.3) is 11.1 Å². The van der Waals surface area contributed by atoms with E-state index in [1.54, 1.807) is 12.1 Å². The molecule has 1 saturated carbocycles. The van der Waals surface area contributed by atoms with E-state index in [1.807, 2.05) is 69.3 Å². The van der Waals surface area contributed by atoms with Crippen LogP contribution in [0.15, 0.2) is 97.1 Å². The van der Waals surface area contributed by atoms with E-state index in [1.165, 1.54) is 19.3 Å². The number of para-hydroxylation sites is 2. The molecule has 6 N–H and O–H groups in total. The second-order valence-corrected chi connectivity index (χ2v) is 19.1. The number of fused-ring (bicyclic) bond motifs is 1. The molecular weight excluding hydrogens is 803 g/mol. The minimum absolute atomic E-state index is 0.0161. The number of hydrogen-bond acceptors (Lipinski definition) is 8. The molecule has 0 spiro atoms. The van der Waals surface area contributed by atoms with Crippen molar-refractivity contribution in [1.29, 1.82) is 0 Å². The number of nitrogens with zero attached hydrogens (tertiary/aromatic N) is 1. The summed E-state index contributed by atoms with van der Waals surface area (Å²) in [5.74, 6) is 0.673. The smallest absolute Gasteiger partial charge is 0.237 e. The Morgan fingerprint density at radius 3 is 2.20 bits per heavy atom. The molecule has 2 heterocycles. The second-order valence-electron chi connectivity index (χ2n) is 19.1. The molecule has 64 heavy (non-hydrogen) atoms. The average molecular weight is 872 g/mol. The fraction of sp³-hybridized carbons (Fsp3) is 0.491. The lowest BCUT2D eigenvalue weighted by Crippen LogP contribution is -2.61. The molecule has 7 rings (SSSR count). The van der Waals surface area contributed by atoms with Crippen LogP contribution >= 0.6 is 0 Å². The van der Waals surface area contributed by atoms with Crippen molar-refractivity contribution in [3.05, 3.63) is 119 Å². The maximum Gasteiger partial charge on any atom is 0.237 e. The van der Waals surface area contributed by atoms with Crippen molar-refractivity contribution in [1.82, 2.24) is 15.5 Å². The molecule has 0 bridgehead atoms. The van der Waals surface area contributed by atoms with E-state index in [0.29, 0.717) is 55.7 Å². The van der Waals surface area contributed by atoms with Gasteiger partial charge in [0.2, 0.25) is 17.7 Å². The number of nitrogens with two attached hydrogens (primary N) is 1. The summed E-state index contributed by atoms with van der Waals surface area (Å²) in [6.45, 7) is 7.22. The van der Waals surface area contributed by atoms with Crippen molar-refractivity contribution >= 4 is 29.1 Å². The maximum absolute atomic E-state index is 13.9. The van der Waals surface area contributed by atoms with E-state index in [4.69, 9.17) is 15.2 Å². The lowest BCUT2D eigenvalue weighted by atomic mass is 9.75. The van der Waals surface area contributed by atoms with Gasteiger partial charge in [-0.2, -0.15) is 0 Å². The molecule has 0 radical (unpaired) electrons. The van der Waals surface area contributed by atoms with Gasteiger partial charge in [0, 0.05) is 49.5 Å². The van der Waals surface area contributed by atoms with Crippen LogP contribution in [0.5, 0.6) is 0 Å². The first-order valence-electron chi connectivity index (χ1n) is 23.6. The normalized spacial score (nSPS) is 22.6. The predicted octanol–water partition coefficient (Wildman–Crippen LogP) is 9.51. The van der Waals surface area contributed by atoms with E-state index in [9.17, 15) is 19.5 Å². The van der Waals surface area contributed by atoms with Gasteiger partial charge >= 0.3 is 0 Å². The Labute approximate surface area is 379 Å². The summed E-state index contributed by atoms with van der Waals surface area (Å²) < 4.78 is 13.6. The van der Waals surface area contributed by atoms with Gasteiger partial charge in [-0.1, -0.05) is 105 Å². The SMILES string of the molecule is CC(C)(C)NC(=O)C1CCC2CCCCC2N1CC1CC(c2ccc(CO)cc2)OC(c2ccc(-c3cccc(CNC(=O)CCCCCCC(=O)Nc4ccccc4N)c3)cc2)O1. The molecule has 11 heteroatoms. The summed E-state index contributed by atoms with van der Waals surface area (Å²) in [6, 6.07) is 32.0. The first kappa shape index (κ1) is 46.9. The van der Waals surface area contributed by atoms with Gasteiger partial charge in [-0.05, 0) is 111 Å². The van der Waals surface area contributed by atoms with Crippen molar-refractivity contribution in [2.24, 2.45) is 5.92 Å². The Balaban J connectivity index is 0.954. The van der Waals surface area contributed by atoms with Crippen LogP contribution in [-0.2, 0) is 37.0 Å². The Hall–Kier alpha value is -5.07. The van der Waals surface area contributed by atoms with Crippen LogP contribution in [0.1, 0.15) is 139 Å². The summed E-state index contributed by atoms with van der Waals surface area (Å²) in [5.41, 5.74) is 12.7. The van der Waals surface area contributed by atoms with Gasteiger partial charge in [0.25, 0.3) is 0 Å². The molecule has 11 nitrogen and oxygen atoms in total. The van der Waals surface area contributed by atoms with E-state index in [-0.39, 0.29) is 48.1 Å². The van der Waals surface area contributed by atoms with E-state index in [0.717, 1.165) is 78.3 Å². The molecular formula is C53H69N5O6. The number of carbonyl (C=O) groups excluding carboxylic acids is 3. The topological polar surface area (TPSA) is 155 Å². The lowest BCUT2D eigenvalue weighted by molar-refractivity contribution is -0.255. The highest BCUT2D eigenvalue weighted by Gasteiger charge is 2.44. The third-order valence-electron chi connectivity index (χ3n) is 13.1. The number of nitrogens with one attached hydrogen (secondary N) is 3. The molecule has 2 aliphatic heterocycles. The minimum atomic E-state index is -0.607. The fourth-order valence-corrected chi connectivity index (χ4v) is 9.73. The first-order valence-corrected chi connectivity index (χ1v) is 23.6. The van der Waals surface area contributed by atoms with Crippen LogP contribution in [0.2, 0.25) is 0 Å². The largest absolute Gasteiger partial charge is 0.397 e. The van der Waals surface area contributed by atoms with E-state index in [2.05, 4.69) is 57.2 Å². The minimum Gasteiger partial charge on any atom is -0.397 e. The zero-order valence-corrected chi connectivity index (χ0v) is 38.0. The van der Waals surface area contributed by atoms with Gasteiger partial charge in [-0.3, -0.25) is 19.3 Å². The van der Waals surface area contributed by atoms with Crippen LogP contribution in [0.3, 0.4) is 0 Å². The molecule has 0 aromatic heterocycles. The van der Waals surface area contributed by atoms with Gasteiger partial charge in [0.05, 0.1) is 36.2 Å². The highest BCUT2D eigenvalue weighted by Crippen LogP contribution is 2.42. The van der Waals surface area contributed by atoms with E-state index >= 15 is 0 Å². The third kappa shape index (κ3) is 13.0. The monoisotopic (exact) mass is 872 g/mol. The molecule has 6 unspecified atom stereocenters. The molecule has 3 aliphatic rings. The number of likely N-dealkylation sites (tertiary alicyclic amines) is 1. The maximum atomic E-state index is 13.9. The van der Waals surface area contributed by atoms with Crippen molar-refractivity contribution in [2.75, 3.05) is 17.6 Å². The summed E-state index contributed by atoms with van der Waals surface area (Å²) in [7, 11) is 0. The molecule has 3 fully saturated rings. The summed E-state index contributed by atoms with van der Waals surface area (Å²) >= 11 is 0. The number of piperidine rings is 1. The van der Waals surface area contributed by atoms with Crippen molar-refractivity contribution in [3.8, 4) is 11.1 Å². The highest BCUT2D eigenvalue weighted by molar-refractivity contribution is 5.93. The molecule has 6 atom stereocenters. The fourth-order valence-electron chi connectivity index (χ4n) is 9.73. The lowest BCUT2D eigenvalue weighted by Gasteiger charge is -2.50. The molecule has 4 aromatic rings. The zero-order chi connectivity index (χ0) is 45.1. The van der Waals surface area contributed by atoms with Gasteiger partial charge in [0.15, 0.2) is 6.29 Å². The van der Waals surface area contributed by atoms with Gasteiger partial charge in [0.1, 0.15) is 0 Å². The van der Waals surface area contributed by atoms with Crippen LogP contribution in [-0.4, -0.2) is 58.0 Å². The first-order chi connectivity index (χ1) is 30.9. The highest BCUT2D eigenvalue weighted by atomic mass is 16.7. The number of hydrogen-bond donors (Lipinski definition) is 5. The zero-order valence-electron chi connectivity index (χ0n) is 38.0. The second kappa shape index (κ2) is 22.2. The number of anilines is 2. The number of amides is 3. The Morgan fingerprint density at radius 1 is 0.750 bits per heavy atom. The Bertz CT molecular complexity index is 2150. The van der Waals surface area contributed by atoms with Gasteiger partial charge in [-0.25, -0.2) is 0 Å². The number of aliphatic hydroxyl groups is 1. The summed E-state index contributed by atoms with van der Waals surface area (Å²) in [6.07, 6.45) is 10.5. The Kier molecular flexibility index (Phi) is 16.3. The number of ether oxygens (including phenoxy) is 2. The average Bonchev–Trinajstić information content (AvgIpc) is 3.30. The molecule has 4 aromatic carbocycles. The van der Waals surface area contributed by atoms with Crippen LogP contribution in [0.4, 0.5) is 11.4 Å². The number of unbranched alkanes of at least 4 members (excludes halogenated alkanes) is 3. The van der Waals surface area contributed by atoms with Gasteiger partial charge in [-0.15, -0.1) is 0 Å². The Morgan fingerprint density at radius 2 is 1.47 bits per heavy atom. The quantitative estimate of drug-likeness (QED) is 0.0519. The third-order valence-corrected chi connectivity index (χ3v) is 13.1. The number of benzene rings is 4. The van der Waals surface area contributed by atoms with Gasteiger partial charge < -0.3 is 36.3 Å². The summed E-state index contributed by atoms with van der Waals surface area (Å²) in [4.78, 5) is 41.4. The standard InChI is InChI=1S/C53H69N5O6/c1-53(2,3)57-51(62)47-30-29-39-14-8-11-18-46(39)58(47)34-43-32-48(40-23-21-36(35-59)22-24-40)64-52(63-43)41-27-25-38(26-28-41)42-15-12-13-37(31-42)33-55-49(60)19-6-4-5-7-20-50(61)56-45-17-10-9-16-44(45)54/h9-10,12-13,15-17,21-28,31,39,43,46-48,52,59H,4-8,11,14,18-20,29-30,32-35,54H2,1-3H3,(H,55,60)(H,56,61)(H,57,62). The van der Waals surface area contributed by atoms with Crippen molar-refractivity contribution in [2.45, 2.75) is 154 Å². The number of nitrogen functional groups attached to an aromatic ring is 1. The number of aliphatic hydroxyl groups excluding tert-OH is 1. The molecule has 2 saturated heterocycles.